The van der Waals surface area contributed by atoms with E-state index >= 15 is 0 Å². The molecule has 0 aliphatic carbocycles. The molecule has 0 N–H and O–H groups in total. The number of nitrogens with zero attached hydrogens (tertiary/aromatic N) is 1. The van der Waals surface area contributed by atoms with Crippen molar-refractivity contribution >= 4 is 11.9 Å². The molecular weight excluding hydrogens is 282 g/mol. The number of allylic oxidation sites excluding steroid dienone is 1. The number of carbonyl (C=O) groups is 1. The molecule has 1 rings (SSSR count). The highest BCUT2D eigenvalue weighted by molar-refractivity contribution is 5.88. The predicted molar refractivity (Wildman–Crippen MR) is 98.1 cm³/mol. The maximum absolute atomic E-state index is 11.1. The Morgan fingerprint density at radius 2 is 1.39 bits per heavy atom. The maximum Gasteiger partial charge on any atom is 0.169 e. The zero-order chi connectivity index (χ0) is 16.8. The first-order valence-electron chi connectivity index (χ1n) is 9.03. The van der Waals surface area contributed by atoms with Gasteiger partial charge in [-0.05, 0) is 24.5 Å². The van der Waals surface area contributed by atoms with Gasteiger partial charge in [0.2, 0.25) is 0 Å². The largest absolute Gasteiger partial charge is 0.295 e. The molecule has 0 spiro atoms. The average Bonchev–Trinajstić information content (AvgIpc) is 2.59. The molecule has 0 fully saturated rings. The van der Waals surface area contributed by atoms with E-state index in [0.29, 0.717) is 6.42 Å². The minimum atomic E-state index is 0.182. The SMILES string of the molecule is C=CC(=O)CCCCCCCCCCC[n+]1ccc(C=C)cc1. The van der Waals surface area contributed by atoms with Crippen LogP contribution < -0.4 is 4.57 Å². The number of pyridine rings is 1. The van der Waals surface area contributed by atoms with Crippen LogP contribution in [-0.4, -0.2) is 5.78 Å². The van der Waals surface area contributed by atoms with Crippen LogP contribution in [0.15, 0.2) is 43.8 Å². The Morgan fingerprint density at radius 1 is 0.870 bits per heavy atom. The van der Waals surface area contributed by atoms with Gasteiger partial charge in [-0.3, -0.25) is 4.79 Å². The summed E-state index contributed by atoms with van der Waals surface area (Å²) in [7, 11) is 0. The van der Waals surface area contributed by atoms with E-state index in [1.54, 1.807) is 0 Å². The number of unbranched alkanes of at least 4 members (excludes halogenated alkanes) is 8. The topological polar surface area (TPSA) is 20.9 Å². The van der Waals surface area contributed by atoms with Gasteiger partial charge in [-0.1, -0.05) is 57.8 Å². The molecule has 0 radical (unpaired) electrons. The number of hydrogen-bond donors (Lipinski definition) is 0. The Balaban J connectivity index is 1.88. The molecule has 0 aliphatic heterocycles. The quantitative estimate of drug-likeness (QED) is 0.260. The van der Waals surface area contributed by atoms with Crippen LogP contribution in [-0.2, 0) is 11.3 Å². The van der Waals surface area contributed by atoms with E-state index in [-0.39, 0.29) is 5.78 Å². The Bertz CT molecular complexity index is 461. The summed E-state index contributed by atoms with van der Waals surface area (Å²) in [6.45, 7) is 8.37. The van der Waals surface area contributed by atoms with E-state index in [4.69, 9.17) is 0 Å². The number of rotatable bonds is 14. The lowest BCUT2D eigenvalue weighted by molar-refractivity contribution is -0.697. The summed E-state index contributed by atoms with van der Waals surface area (Å²) in [6, 6.07) is 4.21. The van der Waals surface area contributed by atoms with E-state index in [1.807, 2.05) is 6.08 Å². The normalized spacial score (nSPS) is 10.4. The molecule has 0 saturated carbocycles. The Hall–Kier alpha value is -1.70. The van der Waals surface area contributed by atoms with Gasteiger partial charge < -0.3 is 0 Å². The number of hydrogen-bond acceptors (Lipinski definition) is 1. The lowest BCUT2D eigenvalue weighted by Crippen LogP contribution is -2.32. The molecule has 1 heterocycles. The summed E-state index contributed by atoms with van der Waals surface area (Å²) in [5.74, 6) is 0.182. The zero-order valence-corrected chi connectivity index (χ0v) is 14.5. The van der Waals surface area contributed by atoms with E-state index in [9.17, 15) is 4.79 Å². The van der Waals surface area contributed by atoms with Crippen LogP contribution in [0.4, 0.5) is 0 Å². The smallest absolute Gasteiger partial charge is 0.169 e. The number of ketones is 1. The molecule has 2 nitrogen and oxygen atoms in total. The van der Waals surface area contributed by atoms with Crippen molar-refractivity contribution in [3.63, 3.8) is 0 Å². The van der Waals surface area contributed by atoms with Crippen molar-refractivity contribution < 1.29 is 9.36 Å². The van der Waals surface area contributed by atoms with Crippen LogP contribution in [0, 0.1) is 0 Å². The van der Waals surface area contributed by atoms with Crippen molar-refractivity contribution in [3.8, 4) is 0 Å². The second-order valence-corrected chi connectivity index (χ2v) is 6.18. The molecule has 0 unspecified atom stereocenters. The first-order valence-corrected chi connectivity index (χ1v) is 9.03. The maximum atomic E-state index is 11.1. The Labute approximate surface area is 141 Å². The predicted octanol–water partition coefficient (Wildman–Crippen LogP) is 5.27. The van der Waals surface area contributed by atoms with Gasteiger partial charge in [-0.2, -0.15) is 0 Å². The summed E-state index contributed by atoms with van der Waals surface area (Å²) >= 11 is 0. The molecule has 1 aromatic heterocycles. The minimum absolute atomic E-state index is 0.182. The standard InChI is InChI=1S/C21H32NO/c1-3-20-15-18-22(19-16-20)17-13-11-9-7-5-6-8-10-12-14-21(23)4-2/h3-4,15-16,18-19H,1-2,5-14,17H2/q+1. The molecule has 0 aliphatic rings. The van der Waals surface area contributed by atoms with Crippen molar-refractivity contribution in [1.82, 2.24) is 0 Å². The van der Waals surface area contributed by atoms with Gasteiger partial charge >= 0.3 is 0 Å². The summed E-state index contributed by atoms with van der Waals surface area (Å²) in [5.41, 5.74) is 1.18. The number of carbonyl (C=O) groups excluding carboxylic acids is 1. The first kappa shape index (κ1) is 19.3. The molecule has 23 heavy (non-hydrogen) atoms. The van der Waals surface area contributed by atoms with Gasteiger partial charge in [-0.25, -0.2) is 4.57 Å². The van der Waals surface area contributed by atoms with Crippen LogP contribution in [0.25, 0.3) is 6.08 Å². The van der Waals surface area contributed by atoms with Gasteiger partial charge in [0.15, 0.2) is 18.2 Å². The van der Waals surface area contributed by atoms with E-state index < -0.39 is 0 Å². The molecule has 0 atom stereocenters. The third kappa shape index (κ3) is 9.83. The summed E-state index contributed by atoms with van der Waals surface area (Å²) in [5, 5.41) is 0. The Morgan fingerprint density at radius 3 is 1.91 bits per heavy atom. The van der Waals surface area contributed by atoms with E-state index in [2.05, 4.69) is 42.3 Å². The van der Waals surface area contributed by atoms with Crippen LogP contribution in [0.2, 0.25) is 0 Å². The fraction of sp³-hybridized carbons (Fsp3) is 0.524. The van der Waals surface area contributed by atoms with Gasteiger partial charge in [-0.15, -0.1) is 0 Å². The van der Waals surface area contributed by atoms with Crippen molar-refractivity contribution in [2.75, 3.05) is 0 Å². The summed E-state index contributed by atoms with van der Waals surface area (Å²) < 4.78 is 2.25. The minimum Gasteiger partial charge on any atom is -0.295 e. The van der Waals surface area contributed by atoms with Crippen LogP contribution in [0.1, 0.15) is 69.8 Å². The molecule has 126 valence electrons. The van der Waals surface area contributed by atoms with Crippen molar-refractivity contribution in [3.05, 3.63) is 49.3 Å². The highest BCUT2D eigenvalue weighted by Crippen LogP contribution is 2.11. The van der Waals surface area contributed by atoms with Gasteiger partial charge in [0.25, 0.3) is 0 Å². The number of aryl methyl sites for hydroxylation is 1. The van der Waals surface area contributed by atoms with Crippen molar-refractivity contribution in [2.45, 2.75) is 70.8 Å². The molecule has 0 bridgehead atoms. The highest BCUT2D eigenvalue weighted by atomic mass is 16.1. The molecular formula is C21H32NO+. The number of aromatic nitrogens is 1. The molecule has 0 amide bonds. The molecule has 1 aromatic rings. The molecule has 0 saturated heterocycles. The van der Waals surface area contributed by atoms with Gasteiger partial charge in [0.05, 0.1) is 0 Å². The summed E-state index contributed by atoms with van der Waals surface area (Å²) in [6.07, 6.45) is 19.6. The van der Waals surface area contributed by atoms with Gasteiger partial charge in [0, 0.05) is 25.0 Å². The summed E-state index contributed by atoms with van der Waals surface area (Å²) in [4.78, 5) is 11.1. The van der Waals surface area contributed by atoms with Crippen molar-refractivity contribution in [1.29, 1.82) is 0 Å². The van der Waals surface area contributed by atoms with E-state index in [0.717, 1.165) is 13.0 Å². The van der Waals surface area contributed by atoms with Gasteiger partial charge in [0.1, 0.15) is 6.54 Å². The second-order valence-electron chi connectivity index (χ2n) is 6.18. The molecule has 2 heteroatoms. The Kier molecular flexibility index (Phi) is 10.8. The monoisotopic (exact) mass is 314 g/mol. The fourth-order valence-electron chi connectivity index (χ4n) is 2.69. The zero-order valence-electron chi connectivity index (χ0n) is 14.5. The third-order valence-corrected chi connectivity index (χ3v) is 4.22. The van der Waals surface area contributed by atoms with Crippen LogP contribution in [0.5, 0.6) is 0 Å². The average molecular weight is 314 g/mol. The second kappa shape index (κ2) is 12.8. The first-order chi connectivity index (χ1) is 11.3. The van der Waals surface area contributed by atoms with Crippen LogP contribution in [0.3, 0.4) is 0 Å². The highest BCUT2D eigenvalue weighted by Gasteiger charge is 2.00. The lowest BCUT2D eigenvalue weighted by Gasteiger charge is -2.02. The fourth-order valence-corrected chi connectivity index (χ4v) is 2.69. The lowest BCUT2D eigenvalue weighted by atomic mass is 10.1. The van der Waals surface area contributed by atoms with E-state index in [1.165, 1.54) is 63.0 Å². The third-order valence-electron chi connectivity index (χ3n) is 4.22. The molecule has 0 aromatic carbocycles. The van der Waals surface area contributed by atoms with Crippen LogP contribution >= 0.6 is 0 Å². The van der Waals surface area contributed by atoms with Crippen molar-refractivity contribution in [2.24, 2.45) is 0 Å².